The molecule has 1 fully saturated rings. The van der Waals surface area contributed by atoms with E-state index < -0.39 is 0 Å². The number of hydrogen-bond acceptors (Lipinski definition) is 5. The largest absolute Gasteiger partial charge is 0.488 e. The van der Waals surface area contributed by atoms with Crippen molar-refractivity contribution < 1.29 is 14.6 Å². The van der Waals surface area contributed by atoms with Crippen molar-refractivity contribution in [3.63, 3.8) is 0 Å². The van der Waals surface area contributed by atoms with E-state index in [9.17, 15) is 4.79 Å². The molecule has 0 bridgehead atoms. The zero-order valence-electron chi connectivity index (χ0n) is 11.1. The SMILES string of the molecule is O=C1/C(=C\C2=Cc3ccccc3OC2)SC(=S)N1CCO. The number of carbonyl (C=O) groups excluding carboxylic acids is 1. The lowest BCUT2D eigenvalue weighted by Gasteiger charge is -2.16. The Bertz CT molecular complexity index is 667. The number of amides is 1. The fraction of sp³-hybridized carbons (Fsp3) is 0.200. The molecule has 1 aromatic carbocycles. The van der Waals surface area contributed by atoms with Crippen molar-refractivity contribution in [3.05, 3.63) is 46.4 Å². The summed E-state index contributed by atoms with van der Waals surface area (Å²) in [7, 11) is 0. The quantitative estimate of drug-likeness (QED) is 0.684. The lowest BCUT2D eigenvalue weighted by atomic mass is 10.1. The smallest absolute Gasteiger partial charge is 0.266 e. The van der Waals surface area contributed by atoms with E-state index in [1.165, 1.54) is 16.7 Å². The van der Waals surface area contributed by atoms with Crippen molar-refractivity contribution in [3.8, 4) is 5.75 Å². The number of aliphatic hydroxyl groups is 1. The topological polar surface area (TPSA) is 49.8 Å². The highest BCUT2D eigenvalue weighted by molar-refractivity contribution is 8.26. The molecule has 0 radical (unpaired) electrons. The molecule has 108 valence electrons. The summed E-state index contributed by atoms with van der Waals surface area (Å²) in [5, 5.41) is 8.97. The second kappa shape index (κ2) is 6.01. The molecule has 2 aliphatic rings. The van der Waals surface area contributed by atoms with Gasteiger partial charge in [-0.25, -0.2) is 0 Å². The molecule has 2 aliphatic heterocycles. The predicted octanol–water partition coefficient (Wildman–Crippen LogP) is 2.20. The Hall–Kier alpha value is -1.63. The molecule has 0 aromatic heterocycles. The molecule has 0 aliphatic carbocycles. The van der Waals surface area contributed by atoms with Gasteiger partial charge in [-0.3, -0.25) is 9.69 Å². The number of thioether (sulfide) groups is 1. The third-order valence-electron chi connectivity index (χ3n) is 3.17. The van der Waals surface area contributed by atoms with Gasteiger partial charge in [0.15, 0.2) is 0 Å². The van der Waals surface area contributed by atoms with Gasteiger partial charge in [-0.05, 0) is 23.8 Å². The minimum absolute atomic E-state index is 0.0983. The molecule has 0 spiro atoms. The number of rotatable bonds is 3. The van der Waals surface area contributed by atoms with Gasteiger partial charge >= 0.3 is 0 Å². The van der Waals surface area contributed by atoms with Crippen molar-refractivity contribution in [2.45, 2.75) is 0 Å². The van der Waals surface area contributed by atoms with Crippen molar-refractivity contribution >= 4 is 40.3 Å². The number of fused-ring (bicyclic) bond motifs is 1. The first-order valence-corrected chi connectivity index (χ1v) is 7.70. The van der Waals surface area contributed by atoms with Crippen LogP contribution in [0.25, 0.3) is 6.08 Å². The fourth-order valence-electron chi connectivity index (χ4n) is 2.18. The first kappa shape index (κ1) is 14.3. The Balaban J connectivity index is 1.85. The zero-order valence-corrected chi connectivity index (χ0v) is 12.7. The van der Waals surface area contributed by atoms with E-state index in [4.69, 9.17) is 22.1 Å². The lowest BCUT2D eigenvalue weighted by molar-refractivity contribution is -0.122. The van der Waals surface area contributed by atoms with Gasteiger partial charge in [-0.15, -0.1) is 0 Å². The first-order chi connectivity index (χ1) is 10.2. The van der Waals surface area contributed by atoms with Crippen molar-refractivity contribution in [2.75, 3.05) is 19.8 Å². The highest BCUT2D eigenvalue weighted by Crippen LogP contribution is 2.33. The number of para-hydroxylation sites is 1. The second-order valence-corrected chi connectivity index (χ2v) is 6.28. The molecule has 1 aromatic rings. The number of benzene rings is 1. The highest BCUT2D eigenvalue weighted by atomic mass is 32.2. The number of carbonyl (C=O) groups is 1. The standard InChI is InChI=1S/C15H13NO3S2/c17-6-5-16-14(18)13(21-15(16)20)8-10-7-11-3-1-2-4-12(11)19-9-10/h1-4,7-8,17H,5-6,9H2/b13-8+. The summed E-state index contributed by atoms with van der Waals surface area (Å²) in [4.78, 5) is 14.2. The summed E-state index contributed by atoms with van der Waals surface area (Å²) in [5.74, 6) is 0.696. The average molecular weight is 319 g/mol. The second-order valence-electron chi connectivity index (χ2n) is 4.60. The summed E-state index contributed by atoms with van der Waals surface area (Å²) in [6, 6.07) is 7.77. The van der Waals surface area contributed by atoms with Crippen LogP contribution in [0.3, 0.4) is 0 Å². The van der Waals surface area contributed by atoms with Gasteiger partial charge in [-0.2, -0.15) is 0 Å². The van der Waals surface area contributed by atoms with Crippen molar-refractivity contribution in [1.29, 1.82) is 0 Å². The molecule has 3 rings (SSSR count). The van der Waals surface area contributed by atoms with Gasteiger partial charge in [0.2, 0.25) is 0 Å². The zero-order chi connectivity index (χ0) is 14.8. The van der Waals surface area contributed by atoms with Crippen LogP contribution in [0, 0.1) is 0 Å². The first-order valence-electron chi connectivity index (χ1n) is 6.47. The molecule has 21 heavy (non-hydrogen) atoms. The lowest BCUT2D eigenvalue weighted by Crippen LogP contribution is -2.30. The monoisotopic (exact) mass is 319 g/mol. The van der Waals surface area contributed by atoms with Crippen LogP contribution in [0.15, 0.2) is 40.8 Å². The fourth-order valence-corrected chi connectivity index (χ4v) is 3.50. The Morgan fingerprint density at radius 2 is 2.24 bits per heavy atom. The molecule has 0 atom stereocenters. The Kier molecular flexibility index (Phi) is 4.10. The van der Waals surface area contributed by atoms with Crippen LogP contribution < -0.4 is 4.74 Å². The number of hydrogen-bond donors (Lipinski definition) is 1. The number of β-amino-alcohol motifs (C(OH)–C–C–N with tert-alkyl or cyclic N) is 1. The normalized spacial score (nSPS) is 19.6. The van der Waals surface area contributed by atoms with Gasteiger partial charge in [0.25, 0.3) is 5.91 Å². The molecule has 0 saturated carbocycles. The van der Waals surface area contributed by atoms with Crippen LogP contribution in [-0.2, 0) is 4.79 Å². The third-order valence-corrected chi connectivity index (χ3v) is 4.55. The van der Waals surface area contributed by atoms with E-state index in [1.807, 2.05) is 36.4 Å². The van der Waals surface area contributed by atoms with Gasteiger partial charge in [0.05, 0.1) is 18.1 Å². The van der Waals surface area contributed by atoms with E-state index in [0.29, 0.717) is 15.8 Å². The van der Waals surface area contributed by atoms with Crippen LogP contribution >= 0.6 is 24.0 Å². The van der Waals surface area contributed by atoms with Gasteiger partial charge in [0.1, 0.15) is 16.7 Å². The number of aliphatic hydroxyl groups excluding tert-OH is 1. The Morgan fingerprint density at radius 1 is 1.43 bits per heavy atom. The maximum atomic E-state index is 12.2. The summed E-state index contributed by atoms with van der Waals surface area (Å²) in [6.07, 6.45) is 3.82. The summed E-state index contributed by atoms with van der Waals surface area (Å²) >= 11 is 6.41. The molecule has 1 N–H and O–H groups in total. The molecular weight excluding hydrogens is 306 g/mol. The van der Waals surface area contributed by atoms with Crippen LogP contribution in [0.5, 0.6) is 5.75 Å². The Labute approximate surface area is 132 Å². The van der Waals surface area contributed by atoms with Gasteiger partial charge in [0, 0.05) is 5.56 Å². The predicted molar refractivity (Wildman–Crippen MR) is 87.0 cm³/mol. The van der Waals surface area contributed by atoms with Crippen LogP contribution in [-0.4, -0.2) is 40.0 Å². The minimum Gasteiger partial charge on any atom is -0.488 e. The third kappa shape index (κ3) is 2.88. The maximum absolute atomic E-state index is 12.2. The molecule has 1 saturated heterocycles. The van der Waals surface area contributed by atoms with Crippen molar-refractivity contribution in [2.24, 2.45) is 0 Å². The summed E-state index contributed by atoms with van der Waals surface area (Å²) in [6.45, 7) is 0.570. The van der Waals surface area contributed by atoms with E-state index >= 15 is 0 Å². The average Bonchev–Trinajstić information content (AvgIpc) is 2.75. The summed E-state index contributed by atoms with van der Waals surface area (Å²) in [5.41, 5.74) is 1.93. The van der Waals surface area contributed by atoms with Crippen LogP contribution in [0.2, 0.25) is 0 Å². The molecule has 0 unspecified atom stereocenters. The van der Waals surface area contributed by atoms with Crippen molar-refractivity contribution in [1.82, 2.24) is 4.90 Å². The molecule has 1 amide bonds. The Morgan fingerprint density at radius 3 is 3.05 bits per heavy atom. The van der Waals surface area contributed by atoms with E-state index in [1.54, 1.807) is 0 Å². The highest BCUT2D eigenvalue weighted by Gasteiger charge is 2.31. The van der Waals surface area contributed by atoms with E-state index in [-0.39, 0.29) is 19.1 Å². The molecular formula is C15H13NO3S2. The maximum Gasteiger partial charge on any atom is 0.266 e. The van der Waals surface area contributed by atoms with E-state index in [0.717, 1.165) is 16.9 Å². The van der Waals surface area contributed by atoms with Gasteiger partial charge in [-0.1, -0.05) is 42.2 Å². The van der Waals surface area contributed by atoms with Gasteiger partial charge < -0.3 is 9.84 Å². The molecule has 6 heteroatoms. The molecule has 2 heterocycles. The number of thiocarbonyl (C=S) groups is 1. The van der Waals surface area contributed by atoms with Crippen LogP contribution in [0.4, 0.5) is 0 Å². The molecule has 4 nitrogen and oxygen atoms in total. The minimum atomic E-state index is -0.154. The number of ether oxygens (including phenoxy) is 1. The summed E-state index contributed by atoms with van der Waals surface area (Å²) < 4.78 is 6.15. The van der Waals surface area contributed by atoms with E-state index in [2.05, 4.69) is 0 Å². The number of nitrogens with zero attached hydrogens (tertiary/aromatic N) is 1. The van der Waals surface area contributed by atoms with Crippen LogP contribution in [0.1, 0.15) is 5.56 Å².